The standard InChI is InChI=1S/C25H22ClF3N4O2/c1-3-21-23(33-15-17(26)6-13-22(33)31-21)24(34)30-14-16-4-7-18(8-5-16)32(2)19-9-11-20(12-10-19)35-25(27,28)29/h4-13,15H,3,14H2,1-2H3,(H,30,34). The number of aryl methyl sites for hydroxylation is 1. The van der Waals surface area contributed by atoms with Crippen molar-refractivity contribution < 1.29 is 22.7 Å². The summed E-state index contributed by atoms with van der Waals surface area (Å²) in [5, 5.41) is 3.44. The van der Waals surface area contributed by atoms with Gasteiger partial charge in [0, 0.05) is 31.2 Å². The summed E-state index contributed by atoms with van der Waals surface area (Å²) in [6.45, 7) is 2.25. The number of ether oxygens (including phenoxy) is 1. The largest absolute Gasteiger partial charge is 0.573 e. The number of hydrogen-bond acceptors (Lipinski definition) is 4. The van der Waals surface area contributed by atoms with Crippen molar-refractivity contribution in [2.75, 3.05) is 11.9 Å². The molecule has 4 aromatic rings. The topological polar surface area (TPSA) is 58.9 Å². The van der Waals surface area contributed by atoms with Gasteiger partial charge in [-0.15, -0.1) is 13.2 Å². The third kappa shape index (κ3) is 5.68. The molecule has 0 spiro atoms. The zero-order chi connectivity index (χ0) is 25.2. The smallest absolute Gasteiger partial charge is 0.406 e. The summed E-state index contributed by atoms with van der Waals surface area (Å²) in [6, 6.07) is 16.6. The second kappa shape index (κ2) is 9.87. The van der Waals surface area contributed by atoms with Crippen LogP contribution in [0.4, 0.5) is 24.5 Å². The summed E-state index contributed by atoms with van der Waals surface area (Å²) in [7, 11) is 1.80. The number of nitrogens with one attached hydrogen (secondary N) is 1. The molecule has 0 aliphatic carbocycles. The van der Waals surface area contributed by atoms with Crippen LogP contribution < -0.4 is 15.0 Å². The Morgan fingerprint density at radius 2 is 1.69 bits per heavy atom. The first-order valence-corrected chi connectivity index (χ1v) is 11.2. The van der Waals surface area contributed by atoms with Crippen molar-refractivity contribution in [2.45, 2.75) is 26.3 Å². The number of imidazole rings is 1. The zero-order valence-corrected chi connectivity index (χ0v) is 19.7. The Balaban J connectivity index is 1.42. The molecule has 0 unspecified atom stereocenters. The lowest BCUT2D eigenvalue weighted by molar-refractivity contribution is -0.274. The van der Waals surface area contributed by atoms with E-state index in [-0.39, 0.29) is 11.7 Å². The lowest BCUT2D eigenvalue weighted by Crippen LogP contribution is -2.25. The molecule has 182 valence electrons. The van der Waals surface area contributed by atoms with E-state index in [0.717, 1.165) is 11.3 Å². The average molecular weight is 503 g/mol. The van der Waals surface area contributed by atoms with E-state index in [4.69, 9.17) is 11.6 Å². The van der Waals surface area contributed by atoms with Gasteiger partial charge in [0.05, 0.1) is 10.7 Å². The maximum atomic E-state index is 13.0. The van der Waals surface area contributed by atoms with E-state index in [0.29, 0.717) is 40.7 Å². The number of carbonyl (C=O) groups excluding carboxylic acids is 1. The number of halogens is 4. The van der Waals surface area contributed by atoms with Crippen LogP contribution in [0.3, 0.4) is 0 Å². The molecule has 0 fully saturated rings. The third-order valence-electron chi connectivity index (χ3n) is 5.44. The number of carbonyl (C=O) groups is 1. The summed E-state index contributed by atoms with van der Waals surface area (Å²) in [4.78, 5) is 19.3. The van der Waals surface area contributed by atoms with Gasteiger partial charge in [0.1, 0.15) is 17.1 Å². The molecule has 2 aromatic heterocycles. The predicted octanol–water partition coefficient (Wildman–Crippen LogP) is 6.15. The van der Waals surface area contributed by atoms with E-state index < -0.39 is 6.36 Å². The SMILES string of the molecule is CCc1nc2ccc(Cl)cn2c1C(=O)NCc1ccc(N(C)c2ccc(OC(F)(F)F)cc2)cc1. The van der Waals surface area contributed by atoms with Gasteiger partial charge in [-0.1, -0.05) is 30.7 Å². The Labute approximate surface area is 204 Å². The van der Waals surface area contributed by atoms with Crippen molar-refractivity contribution in [3.8, 4) is 5.75 Å². The predicted molar refractivity (Wildman–Crippen MR) is 128 cm³/mol. The molecule has 0 saturated heterocycles. The number of amides is 1. The second-order valence-electron chi connectivity index (χ2n) is 7.79. The van der Waals surface area contributed by atoms with Crippen LogP contribution in [0.15, 0.2) is 66.9 Å². The van der Waals surface area contributed by atoms with Gasteiger partial charge in [-0.3, -0.25) is 9.20 Å². The van der Waals surface area contributed by atoms with Gasteiger partial charge in [-0.25, -0.2) is 4.98 Å². The molecular formula is C25H22ClF3N4O2. The van der Waals surface area contributed by atoms with Gasteiger partial charge in [0.25, 0.3) is 5.91 Å². The van der Waals surface area contributed by atoms with E-state index >= 15 is 0 Å². The molecule has 0 radical (unpaired) electrons. The number of alkyl halides is 3. The van der Waals surface area contributed by atoms with Gasteiger partial charge in [-0.2, -0.15) is 0 Å². The van der Waals surface area contributed by atoms with Crippen LogP contribution >= 0.6 is 11.6 Å². The van der Waals surface area contributed by atoms with E-state index in [1.807, 2.05) is 36.1 Å². The van der Waals surface area contributed by atoms with Gasteiger partial charge in [-0.05, 0) is 60.5 Å². The van der Waals surface area contributed by atoms with Gasteiger partial charge >= 0.3 is 6.36 Å². The van der Waals surface area contributed by atoms with E-state index in [1.54, 1.807) is 41.9 Å². The number of nitrogens with zero attached hydrogens (tertiary/aromatic N) is 3. The number of hydrogen-bond donors (Lipinski definition) is 1. The minimum absolute atomic E-state index is 0.251. The van der Waals surface area contributed by atoms with Crippen molar-refractivity contribution in [3.05, 3.63) is 88.8 Å². The average Bonchev–Trinajstić information content (AvgIpc) is 3.19. The van der Waals surface area contributed by atoms with Crippen molar-refractivity contribution >= 4 is 34.5 Å². The fraction of sp³-hybridized carbons (Fsp3) is 0.200. The van der Waals surface area contributed by atoms with E-state index in [9.17, 15) is 18.0 Å². The highest BCUT2D eigenvalue weighted by Crippen LogP contribution is 2.28. The lowest BCUT2D eigenvalue weighted by atomic mass is 10.1. The highest BCUT2D eigenvalue weighted by Gasteiger charge is 2.31. The Kier molecular flexibility index (Phi) is 6.88. The molecule has 0 saturated carbocycles. The van der Waals surface area contributed by atoms with Crippen molar-refractivity contribution in [1.82, 2.24) is 14.7 Å². The molecule has 4 rings (SSSR count). The Bertz CT molecular complexity index is 1340. The fourth-order valence-electron chi connectivity index (χ4n) is 3.68. The first-order chi connectivity index (χ1) is 16.6. The molecule has 35 heavy (non-hydrogen) atoms. The Morgan fingerprint density at radius 1 is 1.06 bits per heavy atom. The van der Waals surface area contributed by atoms with Crippen LogP contribution in [-0.4, -0.2) is 28.7 Å². The van der Waals surface area contributed by atoms with Crippen LogP contribution in [0.25, 0.3) is 5.65 Å². The van der Waals surface area contributed by atoms with Crippen molar-refractivity contribution in [1.29, 1.82) is 0 Å². The molecule has 0 atom stereocenters. The van der Waals surface area contributed by atoms with Crippen molar-refractivity contribution in [2.24, 2.45) is 0 Å². The van der Waals surface area contributed by atoms with Crippen LogP contribution in [0, 0.1) is 0 Å². The molecular weight excluding hydrogens is 481 g/mol. The molecule has 0 aliphatic rings. The summed E-state index contributed by atoms with van der Waals surface area (Å²) in [6.07, 6.45) is -2.45. The first-order valence-electron chi connectivity index (χ1n) is 10.8. The number of aromatic nitrogens is 2. The third-order valence-corrected chi connectivity index (χ3v) is 5.66. The molecule has 2 aromatic carbocycles. The Morgan fingerprint density at radius 3 is 2.29 bits per heavy atom. The van der Waals surface area contributed by atoms with Crippen LogP contribution in [-0.2, 0) is 13.0 Å². The molecule has 1 N–H and O–H groups in total. The van der Waals surface area contributed by atoms with Gasteiger partial charge in [0.15, 0.2) is 0 Å². The van der Waals surface area contributed by atoms with E-state index in [1.165, 1.54) is 12.1 Å². The van der Waals surface area contributed by atoms with Crippen LogP contribution in [0.5, 0.6) is 5.75 Å². The molecule has 1 amide bonds. The Hall–Kier alpha value is -3.72. The minimum atomic E-state index is -4.73. The number of benzene rings is 2. The summed E-state index contributed by atoms with van der Waals surface area (Å²) in [5.74, 6) is -0.529. The number of pyridine rings is 1. The summed E-state index contributed by atoms with van der Waals surface area (Å²) in [5.41, 5.74) is 4.21. The summed E-state index contributed by atoms with van der Waals surface area (Å²) >= 11 is 6.10. The monoisotopic (exact) mass is 502 g/mol. The highest BCUT2D eigenvalue weighted by atomic mass is 35.5. The maximum absolute atomic E-state index is 13.0. The first kappa shape index (κ1) is 24.4. The van der Waals surface area contributed by atoms with E-state index in [2.05, 4.69) is 15.0 Å². The molecule has 10 heteroatoms. The normalized spacial score (nSPS) is 11.5. The maximum Gasteiger partial charge on any atom is 0.573 e. The molecule has 0 bridgehead atoms. The zero-order valence-electron chi connectivity index (χ0n) is 18.9. The van der Waals surface area contributed by atoms with Gasteiger partial charge < -0.3 is 15.0 Å². The molecule has 6 nitrogen and oxygen atoms in total. The number of fused-ring (bicyclic) bond motifs is 1. The second-order valence-corrected chi connectivity index (χ2v) is 8.22. The molecule has 0 aliphatic heterocycles. The number of rotatable bonds is 7. The summed E-state index contributed by atoms with van der Waals surface area (Å²) < 4.78 is 42.7. The number of anilines is 2. The fourth-order valence-corrected chi connectivity index (χ4v) is 3.84. The molecule has 2 heterocycles. The van der Waals surface area contributed by atoms with Crippen LogP contribution in [0.2, 0.25) is 5.02 Å². The minimum Gasteiger partial charge on any atom is -0.406 e. The quantitative estimate of drug-likeness (QED) is 0.329. The lowest BCUT2D eigenvalue weighted by Gasteiger charge is -2.20. The van der Waals surface area contributed by atoms with Crippen molar-refractivity contribution in [3.63, 3.8) is 0 Å². The van der Waals surface area contributed by atoms with Gasteiger partial charge in [0.2, 0.25) is 0 Å². The highest BCUT2D eigenvalue weighted by molar-refractivity contribution is 6.30. The van der Waals surface area contributed by atoms with Crippen LogP contribution in [0.1, 0.15) is 28.7 Å².